The van der Waals surface area contributed by atoms with Crippen LogP contribution in [0.15, 0.2) is 36.7 Å². The minimum absolute atomic E-state index is 0.0343. The highest BCUT2D eigenvalue weighted by Gasteiger charge is 2.31. The maximum Gasteiger partial charge on any atom is 0.127 e. The van der Waals surface area contributed by atoms with Crippen LogP contribution in [-0.2, 0) is 30.8 Å². The third-order valence-electron chi connectivity index (χ3n) is 6.82. The molecule has 5 rings (SSSR count). The molecule has 1 aromatic carbocycles. The van der Waals surface area contributed by atoms with Crippen LogP contribution in [0.25, 0.3) is 22.4 Å². The van der Waals surface area contributed by atoms with Gasteiger partial charge >= 0.3 is 0 Å². The van der Waals surface area contributed by atoms with Crippen LogP contribution in [0, 0.1) is 0 Å². The van der Waals surface area contributed by atoms with Crippen molar-refractivity contribution in [1.82, 2.24) is 14.6 Å². The largest absolute Gasteiger partial charge is 0.496 e. The second-order valence-corrected chi connectivity index (χ2v) is 10.3. The van der Waals surface area contributed by atoms with E-state index in [2.05, 4.69) is 53.6 Å². The maximum atomic E-state index is 7.13. The summed E-state index contributed by atoms with van der Waals surface area (Å²) in [4.78, 5) is 10.7. The zero-order chi connectivity index (χ0) is 23.2. The highest BCUT2D eigenvalue weighted by molar-refractivity contribution is 6.34. The fourth-order valence-corrected chi connectivity index (χ4v) is 5.51. The molecule has 0 atom stereocenters. The average Bonchev–Trinajstić information content (AvgIpc) is 3.14. The van der Waals surface area contributed by atoms with Gasteiger partial charge in [-0.3, -0.25) is 9.82 Å². The van der Waals surface area contributed by atoms with Crippen LogP contribution in [0.3, 0.4) is 0 Å². The number of aryl methyl sites for hydroxylation is 1. The Balaban J connectivity index is 1.63. The summed E-state index contributed by atoms with van der Waals surface area (Å²) in [5.41, 5.74) is 8.07. The smallest absolute Gasteiger partial charge is 0.127 e. The number of hydrogen-bond acceptors (Lipinski definition) is 4. The highest BCUT2D eigenvalue weighted by Crippen LogP contribution is 2.45. The summed E-state index contributed by atoms with van der Waals surface area (Å²) in [6, 6.07) is 8.42. The van der Waals surface area contributed by atoms with Gasteiger partial charge in [0.2, 0.25) is 0 Å². The Bertz CT molecular complexity index is 1160. The summed E-state index contributed by atoms with van der Waals surface area (Å²) >= 11 is 7.13. The zero-order valence-electron chi connectivity index (χ0n) is 19.9. The Kier molecular flexibility index (Phi) is 5.98. The molecule has 174 valence electrons. The molecule has 4 heterocycles. The molecule has 33 heavy (non-hydrogen) atoms. The first-order chi connectivity index (χ1) is 15.9. The first kappa shape index (κ1) is 22.5. The van der Waals surface area contributed by atoms with E-state index in [0.717, 1.165) is 66.4 Å². The van der Waals surface area contributed by atoms with Gasteiger partial charge in [0.1, 0.15) is 12.4 Å². The van der Waals surface area contributed by atoms with Gasteiger partial charge in [-0.05, 0) is 75.8 Å². The number of benzene rings is 1. The number of ether oxygens (including phenoxy) is 1. The van der Waals surface area contributed by atoms with E-state index in [0.29, 0.717) is 6.61 Å². The van der Waals surface area contributed by atoms with Crippen molar-refractivity contribution in [2.24, 2.45) is 0 Å². The molecular formula is C27H32ClN3O2. The minimum Gasteiger partial charge on any atom is -0.496 e. The van der Waals surface area contributed by atoms with Crippen LogP contribution in [-0.4, -0.2) is 33.8 Å². The predicted molar refractivity (Wildman–Crippen MR) is 133 cm³/mol. The fraction of sp³-hybridized carbons (Fsp3) is 0.444. The van der Waals surface area contributed by atoms with Gasteiger partial charge in [0.25, 0.3) is 0 Å². The van der Waals surface area contributed by atoms with Crippen molar-refractivity contribution in [3.05, 3.63) is 58.5 Å². The average molecular weight is 466 g/mol. The minimum atomic E-state index is -0.0343. The van der Waals surface area contributed by atoms with Gasteiger partial charge in [-0.1, -0.05) is 17.7 Å². The number of halogens is 1. The monoisotopic (exact) mass is 465 g/mol. The molecule has 0 saturated heterocycles. The third kappa shape index (κ3) is 4.07. The van der Waals surface area contributed by atoms with Gasteiger partial charge < -0.3 is 9.30 Å². The van der Waals surface area contributed by atoms with E-state index in [4.69, 9.17) is 21.2 Å². The molecule has 0 N–H and O–H groups in total. The van der Waals surface area contributed by atoms with E-state index in [-0.39, 0.29) is 5.54 Å². The molecule has 2 aliphatic rings. The SMILES string of the molecule is COc1cc2c(cc1-c1cccnc1)-c1c(Cl)c3c(n1CC2)CON(C(C)(C)C)CCCC3. The summed E-state index contributed by atoms with van der Waals surface area (Å²) < 4.78 is 8.16. The number of hydrogen-bond donors (Lipinski definition) is 0. The van der Waals surface area contributed by atoms with Gasteiger partial charge in [-0.2, -0.15) is 5.06 Å². The summed E-state index contributed by atoms with van der Waals surface area (Å²) in [6.45, 7) is 9.00. The Morgan fingerprint density at radius 3 is 2.67 bits per heavy atom. The van der Waals surface area contributed by atoms with Gasteiger partial charge in [-0.15, -0.1) is 0 Å². The van der Waals surface area contributed by atoms with Crippen LogP contribution in [0.5, 0.6) is 5.75 Å². The zero-order valence-corrected chi connectivity index (χ0v) is 20.7. The maximum absolute atomic E-state index is 7.13. The molecule has 0 saturated carbocycles. The molecule has 5 nitrogen and oxygen atoms in total. The van der Waals surface area contributed by atoms with Crippen molar-refractivity contribution in [2.45, 2.75) is 65.1 Å². The van der Waals surface area contributed by atoms with Crippen LogP contribution >= 0.6 is 11.6 Å². The van der Waals surface area contributed by atoms with Gasteiger partial charge in [0.05, 0.1) is 23.5 Å². The normalized spacial score (nSPS) is 16.8. The number of hydroxylamine groups is 2. The summed E-state index contributed by atoms with van der Waals surface area (Å²) in [7, 11) is 1.73. The third-order valence-corrected chi connectivity index (χ3v) is 7.23. The van der Waals surface area contributed by atoms with Crippen LogP contribution < -0.4 is 4.74 Å². The van der Waals surface area contributed by atoms with E-state index in [1.165, 1.54) is 22.4 Å². The van der Waals surface area contributed by atoms with Crippen molar-refractivity contribution >= 4 is 11.6 Å². The molecule has 6 heteroatoms. The lowest BCUT2D eigenvalue weighted by atomic mass is 9.93. The lowest BCUT2D eigenvalue weighted by Crippen LogP contribution is -2.41. The summed E-state index contributed by atoms with van der Waals surface area (Å²) in [5, 5.41) is 3.01. The second kappa shape index (κ2) is 8.79. The molecular weight excluding hydrogens is 434 g/mol. The Hall–Kier alpha value is -2.34. The van der Waals surface area contributed by atoms with Crippen molar-refractivity contribution in [3.8, 4) is 28.1 Å². The van der Waals surface area contributed by atoms with E-state index >= 15 is 0 Å². The second-order valence-electron chi connectivity index (χ2n) is 9.94. The molecule has 2 aliphatic heterocycles. The molecule has 3 aromatic rings. The molecule has 0 radical (unpaired) electrons. The topological polar surface area (TPSA) is 39.5 Å². The highest BCUT2D eigenvalue weighted by atomic mass is 35.5. The van der Waals surface area contributed by atoms with E-state index in [1.54, 1.807) is 13.3 Å². The number of rotatable bonds is 2. The molecule has 0 fully saturated rings. The molecule has 0 amide bonds. The Labute approximate surface area is 201 Å². The number of pyridine rings is 1. The molecule has 2 aromatic heterocycles. The van der Waals surface area contributed by atoms with Gasteiger partial charge in [-0.25, -0.2) is 0 Å². The van der Waals surface area contributed by atoms with E-state index in [1.807, 2.05) is 12.3 Å². The summed E-state index contributed by atoms with van der Waals surface area (Å²) in [6.07, 6.45) is 7.78. The number of nitrogens with zero attached hydrogens (tertiary/aromatic N) is 3. The molecule has 0 bridgehead atoms. The lowest BCUT2D eigenvalue weighted by Gasteiger charge is -2.34. The number of fused-ring (bicyclic) bond motifs is 5. The van der Waals surface area contributed by atoms with Gasteiger partial charge in [0.15, 0.2) is 0 Å². The van der Waals surface area contributed by atoms with Crippen molar-refractivity contribution in [1.29, 1.82) is 0 Å². The number of methoxy groups -OCH3 is 1. The van der Waals surface area contributed by atoms with Crippen molar-refractivity contribution in [3.63, 3.8) is 0 Å². The summed E-state index contributed by atoms with van der Waals surface area (Å²) in [5.74, 6) is 0.872. The lowest BCUT2D eigenvalue weighted by molar-refractivity contribution is -0.220. The first-order valence-corrected chi connectivity index (χ1v) is 12.2. The van der Waals surface area contributed by atoms with Crippen molar-refractivity contribution < 1.29 is 9.57 Å². The molecule has 0 aliphatic carbocycles. The van der Waals surface area contributed by atoms with Crippen molar-refractivity contribution in [2.75, 3.05) is 13.7 Å². The Morgan fingerprint density at radius 1 is 1.09 bits per heavy atom. The van der Waals surface area contributed by atoms with Crippen LogP contribution in [0.2, 0.25) is 5.02 Å². The predicted octanol–water partition coefficient (Wildman–Crippen LogP) is 6.30. The first-order valence-electron chi connectivity index (χ1n) is 11.8. The standard InChI is InChI=1S/C27H32ClN3O2/c1-27(2,3)31-12-6-5-9-20-23(17-33-31)30-13-10-18-14-24(32-4)21(19-8-7-11-29-16-19)15-22(18)26(30)25(20)28/h7-8,11,14-16H,5-6,9-10,12-13,17H2,1-4H3. The van der Waals surface area contributed by atoms with Crippen LogP contribution in [0.1, 0.15) is 50.4 Å². The van der Waals surface area contributed by atoms with E-state index in [9.17, 15) is 0 Å². The molecule has 0 spiro atoms. The van der Waals surface area contributed by atoms with Gasteiger partial charge in [0, 0.05) is 47.7 Å². The van der Waals surface area contributed by atoms with E-state index < -0.39 is 0 Å². The number of aromatic nitrogens is 2. The molecule has 0 unspecified atom stereocenters. The Morgan fingerprint density at radius 2 is 1.94 bits per heavy atom. The van der Waals surface area contributed by atoms with Crippen LogP contribution in [0.4, 0.5) is 0 Å². The quantitative estimate of drug-likeness (QED) is 0.445. The fourth-order valence-electron chi connectivity index (χ4n) is 5.10.